The molecule has 0 bridgehead atoms. The van der Waals surface area contributed by atoms with E-state index in [0.717, 1.165) is 5.92 Å². The Balaban J connectivity index is 3.11. The highest BCUT2D eigenvalue weighted by molar-refractivity contribution is 5.80. The standard InChI is InChI=1S/C19H28/c1-6-10-17(14-13-15(3)4)18(7-2)19-12-9-8-11-16(19)5/h7-9,11-12,14-15H,6,10,13H2,1-5H3/b17-14+,18-7-. The number of aryl methyl sites for hydroxylation is 1. The highest BCUT2D eigenvalue weighted by Crippen LogP contribution is 2.29. The molecule has 104 valence electrons. The van der Waals surface area contributed by atoms with E-state index in [9.17, 15) is 0 Å². The summed E-state index contributed by atoms with van der Waals surface area (Å²) in [7, 11) is 0. The first kappa shape index (κ1) is 15.8. The average molecular weight is 256 g/mol. The van der Waals surface area contributed by atoms with Gasteiger partial charge in [-0.25, -0.2) is 0 Å². The molecular formula is C19H28. The SMILES string of the molecule is C/C=C(/C(=C/CC(C)C)CCC)c1ccccc1C. The van der Waals surface area contributed by atoms with Gasteiger partial charge in [0, 0.05) is 0 Å². The number of hydrogen-bond donors (Lipinski definition) is 0. The van der Waals surface area contributed by atoms with Crippen LogP contribution in [0.25, 0.3) is 5.57 Å². The predicted octanol–water partition coefficient (Wildman–Crippen LogP) is 6.17. The molecule has 0 heteroatoms. The molecule has 0 heterocycles. The third-order valence-electron chi connectivity index (χ3n) is 3.42. The van der Waals surface area contributed by atoms with Gasteiger partial charge in [0.05, 0.1) is 0 Å². The minimum Gasteiger partial charge on any atom is -0.0805 e. The first-order valence-electron chi connectivity index (χ1n) is 7.51. The fourth-order valence-electron chi connectivity index (χ4n) is 2.38. The maximum Gasteiger partial charge on any atom is -0.0155 e. The summed E-state index contributed by atoms with van der Waals surface area (Å²) >= 11 is 0. The minimum absolute atomic E-state index is 0.724. The maximum absolute atomic E-state index is 2.44. The minimum atomic E-state index is 0.724. The second-order valence-electron chi connectivity index (χ2n) is 5.63. The second-order valence-corrected chi connectivity index (χ2v) is 5.63. The van der Waals surface area contributed by atoms with Crippen LogP contribution in [-0.4, -0.2) is 0 Å². The van der Waals surface area contributed by atoms with Gasteiger partial charge in [-0.15, -0.1) is 0 Å². The monoisotopic (exact) mass is 256 g/mol. The van der Waals surface area contributed by atoms with E-state index in [-0.39, 0.29) is 0 Å². The Bertz CT molecular complexity index is 447. The molecule has 1 aromatic carbocycles. The second kappa shape index (κ2) is 7.99. The Hall–Kier alpha value is -1.30. The molecule has 0 aliphatic carbocycles. The highest BCUT2D eigenvalue weighted by atomic mass is 14.1. The molecule has 0 nitrogen and oxygen atoms in total. The molecule has 1 rings (SSSR count). The first-order valence-corrected chi connectivity index (χ1v) is 7.51. The molecule has 0 aliphatic heterocycles. The van der Waals surface area contributed by atoms with Crippen LogP contribution in [0.1, 0.15) is 58.1 Å². The molecule has 0 N–H and O–H groups in total. The Morgan fingerprint density at radius 1 is 1.21 bits per heavy atom. The maximum atomic E-state index is 2.44. The van der Waals surface area contributed by atoms with E-state index < -0.39 is 0 Å². The van der Waals surface area contributed by atoms with Crippen LogP contribution in [0.3, 0.4) is 0 Å². The van der Waals surface area contributed by atoms with Crippen LogP contribution in [-0.2, 0) is 0 Å². The van der Waals surface area contributed by atoms with E-state index >= 15 is 0 Å². The number of allylic oxidation sites excluding steroid dienone is 4. The molecule has 0 unspecified atom stereocenters. The zero-order valence-electron chi connectivity index (χ0n) is 13.2. The van der Waals surface area contributed by atoms with E-state index in [4.69, 9.17) is 0 Å². The Morgan fingerprint density at radius 2 is 1.89 bits per heavy atom. The average Bonchev–Trinajstić information content (AvgIpc) is 2.38. The van der Waals surface area contributed by atoms with Gasteiger partial charge in [-0.1, -0.05) is 63.6 Å². The number of benzene rings is 1. The van der Waals surface area contributed by atoms with Gasteiger partial charge in [0.1, 0.15) is 0 Å². The number of hydrogen-bond acceptors (Lipinski definition) is 0. The van der Waals surface area contributed by atoms with Crippen molar-refractivity contribution >= 4 is 5.57 Å². The Morgan fingerprint density at radius 3 is 2.42 bits per heavy atom. The molecule has 0 saturated heterocycles. The summed E-state index contributed by atoms with van der Waals surface area (Å²) in [6.07, 6.45) is 8.24. The van der Waals surface area contributed by atoms with Crippen molar-refractivity contribution in [2.45, 2.75) is 53.9 Å². The molecule has 0 radical (unpaired) electrons. The van der Waals surface area contributed by atoms with Crippen molar-refractivity contribution in [1.29, 1.82) is 0 Å². The van der Waals surface area contributed by atoms with Gasteiger partial charge in [-0.05, 0) is 54.9 Å². The normalized spacial score (nSPS) is 13.2. The topological polar surface area (TPSA) is 0 Å². The largest absolute Gasteiger partial charge is 0.0805 e. The van der Waals surface area contributed by atoms with Gasteiger partial charge < -0.3 is 0 Å². The molecular weight excluding hydrogens is 228 g/mol. The lowest BCUT2D eigenvalue weighted by Gasteiger charge is -2.15. The van der Waals surface area contributed by atoms with Crippen LogP contribution >= 0.6 is 0 Å². The van der Waals surface area contributed by atoms with E-state index in [2.05, 4.69) is 71.0 Å². The van der Waals surface area contributed by atoms with Crippen molar-refractivity contribution in [3.05, 3.63) is 53.1 Å². The van der Waals surface area contributed by atoms with Gasteiger partial charge in [-0.3, -0.25) is 0 Å². The molecule has 0 aliphatic rings. The Labute approximate surface area is 119 Å². The summed E-state index contributed by atoms with van der Waals surface area (Å²) in [5.41, 5.74) is 5.67. The van der Waals surface area contributed by atoms with Crippen LogP contribution in [0, 0.1) is 12.8 Å². The summed E-state index contributed by atoms with van der Waals surface area (Å²) in [4.78, 5) is 0. The van der Waals surface area contributed by atoms with Crippen molar-refractivity contribution in [3.8, 4) is 0 Å². The molecule has 0 fully saturated rings. The number of rotatable bonds is 6. The lowest BCUT2D eigenvalue weighted by Crippen LogP contribution is -1.95. The van der Waals surface area contributed by atoms with E-state index in [1.807, 2.05) is 0 Å². The summed E-state index contributed by atoms with van der Waals surface area (Å²) in [5, 5.41) is 0. The van der Waals surface area contributed by atoms with Crippen LogP contribution in [0.15, 0.2) is 42.0 Å². The third kappa shape index (κ3) is 4.70. The fourth-order valence-corrected chi connectivity index (χ4v) is 2.38. The van der Waals surface area contributed by atoms with Crippen LogP contribution in [0.4, 0.5) is 0 Å². The quantitative estimate of drug-likeness (QED) is 0.534. The van der Waals surface area contributed by atoms with Crippen molar-refractivity contribution < 1.29 is 0 Å². The highest BCUT2D eigenvalue weighted by Gasteiger charge is 2.09. The fraction of sp³-hybridized carbons (Fsp3) is 0.474. The molecule has 19 heavy (non-hydrogen) atoms. The van der Waals surface area contributed by atoms with Crippen molar-refractivity contribution in [2.75, 3.05) is 0 Å². The van der Waals surface area contributed by atoms with Crippen LogP contribution in [0.5, 0.6) is 0 Å². The zero-order valence-corrected chi connectivity index (χ0v) is 13.2. The van der Waals surface area contributed by atoms with Crippen LogP contribution in [0.2, 0.25) is 0 Å². The molecule has 0 spiro atoms. The first-order chi connectivity index (χ1) is 9.10. The molecule has 0 amide bonds. The summed E-state index contributed by atoms with van der Waals surface area (Å²) in [6.45, 7) is 11.2. The van der Waals surface area contributed by atoms with Gasteiger partial charge in [0.2, 0.25) is 0 Å². The van der Waals surface area contributed by atoms with Crippen molar-refractivity contribution in [1.82, 2.24) is 0 Å². The lowest BCUT2D eigenvalue weighted by molar-refractivity contribution is 0.660. The lowest BCUT2D eigenvalue weighted by atomic mass is 9.90. The van der Waals surface area contributed by atoms with E-state index in [1.165, 1.54) is 41.5 Å². The van der Waals surface area contributed by atoms with Crippen LogP contribution < -0.4 is 0 Å². The summed E-state index contributed by atoms with van der Waals surface area (Å²) in [6, 6.07) is 8.69. The smallest absolute Gasteiger partial charge is 0.0155 e. The summed E-state index contributed by atoms with van der Waals surface area (Å²) < 4.78 is 0. The van der Waals surface area contributed by atoms with Gasteiger partial charge in [0.25, 0.3) is 0 Å². The Kier molecular flexibility index (Phi) is 6.62. The van der Waals surface area contributed by atoms with E-state index in [1.54, 1.807) is 0 Å². The van der Waals surface area contributed by atoms with Crippen molar-refractivity contribution in [2.24, 2.45) is 5.92 Å². The van der Waals surface area contributed by atoms with E-state index in [0.29, 0.717) is 0 Å². The molecule has 1 aromatic rings. The van der Waals surface area contributed by atoms with Gasteiger partial charge in [-0.2, -0.15) is 0 Å². The van der Waals surface area contributed by atoms with Gasteiger partial charge in [0.15, 0.2) is 0 Å². The molecule has 0 atom stereocenters. The van der Waals surface area contributed by atoms with Gasteiger partial charge >= 0.3 is 0 Å². The zero-order chi connectivity index (χ0) is 14.3. The van der Waals surface area contributed by atoms with Crippen molar-refractivity contribution in [3.63, 3.8) is 0 Å². The predicted molar refractivity (Wildman–Crippen MR) is 87.3 cm³/mol. The molecule has 0 aromatic heterocycles. The summed E-state index contributed by atoms with van der Waals surface area (Å²) in [5.74, 6) is 0.724. The molecule has 0 saturated carbocycles. The third-order valence-corrected chi connectivity index (χ3v) is 3.42.